The lowest BCUT2D eigenvalue weighted by atomic mass is 10.2. The molecule has 17 heavy (non-hydrogen) atoms. The molecule has 0 amide bonds. The summed E-state index contributed by atoms with van der Waals surface area (Å²) in [5.74, 6) is -0.856. The monoisotopic (exact) mass is 268 g/mol. The Labute approximate surface area is 107 Å². The topological polar surface area (TPSA) is 62.2 Å². The molecule has 2 aromatic heterocycles. The fourth-order valence-corrected chi connectivity index (χ4v) is 3.00. The summed E-state index contributed by atoms with van der Waals surface area (Å²) in [7, 11) is 0. The Morgan fingerprint density at radius 1 is 1.53 bits per heavy atom. The number of hydrogen-bond acceptors (Lipinski definition) is 5. The summed E-state index contributed by atoms with van der Waals surface area (Å²) in [5.41, 5.74) is 0.837. The number of nitrogens with one attached hydrogen (secondary N) is 1. The lowest BCUT2D eigenvalue weighted by molar-refractivity contribution is 0.0701. The van der Waals surface area contributed by atoms with Crippen LogP contribution in [-0.2, 0) is 13.1 Å². The van der Waals surface area contributed by atoms with Crippen molar-refractivity contribution >= 4 is 28.6 Å². The number of carbonyl (C=O) groups is 1. The van der Waals surface area contributed by atoms with E-state index in [0.29, 0.717) is 11.4 Å². The fourth-order valence-electron chi connectivity index (χ4n) is 1.47. The molecule has 0 aromatic carbocycles. The predicted octanol–water partition coefficient (Wildman–Crippen LogP) is 2.50. The van der Waals surface area contributed by atoms with Gasteiger partial charge in [-0.05, 0) is 23.9 Å². The quantitative estimate of drug-likeness (QED) is 0.874. The second-order valence-corrected chi connectivity index (χ2v) is 5.76. The molecule has 90 valence electrons. The number of aryl methyl sites for hydroxylation is 1. The Morgan fingerprint density at radius 3 is 3.00 bits per heavy atom. The van der Waals surface area contributed by atoms with E-state index in [1.165, 1.54) is 11.3 Å². The lowest BCUT2D eigenvalue weighted by Gasteiger charge is -2.02. The molecular formula is C11H12N2O2S2. The molecule has 0 radical (unpaired) electrons. The summed E-state index contributed by atoms with van der Waals surface area (Å²) >= 11 is 2.91. The first-order valence-electron chi connectivity index (χ1n) is 5.08. The summed E-state index contributed by atoms with van der Waals surface area (Å²) in [4.78, 5) is 16.6. The molecule has 6 heteroatoms. The number of hydrogen-bond donors (Lipinski definition) is 2. The summed E-state index contributed by atoms with van der Waals surface area (Å²) < 4.78 is 0. The minimum Gasteiger partial charge on any atom is -0.477 e. The number of nitrogens with zero attached hydrogens (tertiary/aromatic N) is 1. The van der Waals surface area contributed by atoms with Crippen molar-refractivity contribution in [1.29, 1.82) is 0 Å². The van der Waals surface area contributed by atoms with Gasteiger partial charge in [-0.3, -0.25) is 0 Å². The number of rotatable bonds is 5. The van der Waals surface area contributed by atoms with Crippen LogP contribution in [-0.4, -0.2) is 16.1 Å². The van der Waals surface area contributed by atoms with Gasteiger partial charge in [0.15, 0.2) is 0 Å². The molecule has 2 rings (SSSR count). The van der Waals surface area contributed by atoms with Crippen LogP contribution in [0.3, 0.4) is 0 Å². The van der Waals surface area contributed by atoms with E-state index in [-0.39, 0.29) is 0 Å². The maximum Gasteiger partial charge on any atom is 0.346 e. The molecule has 2 heterocycles. The van der Waals surface area contributed by atoms with E-state index in [9.17, 15) is 4.79 Å². The molecule has 0 bridgehead atoms. The molecule has 0 aliphatic carbocycles. The highest BCUT2D eigenvalue weighted by Crippen LogP contribution is 2.17. The van der Waals surface area contributed by atoms with Crippen LogP contribution in [0.4, 0.5) is 0 Å². The number of aromatic carboxylic acids is 1. The van der Waals surface area contributed by atoms with Gasteiger partial charge >= 0.3 is 5.97 Å². The molecule has 0 fully saturated rings. The van der Waals surface area contributed by atoms with E-state index in [0.717, 1.165) is 22.0 Å². The first-order valence-corrected chi connectivity index (χ1v) is 6.78. The second-order valence-electron chi connectivity index (χ2n) is 3.53. The first-order chi connectivity index (χ1) is 8.16. The Hall–Kier alpha value is -1.24. The van der Waals surface area contributed by atoms with E-state index in [1.807, 2.05) is 19.2 Å². The third kappa shape index (κ3) is 3.12. The van der Waals surface area contributed by atoms with Crippen LogP contribution in [0.2, 0.25) is 0 Å². The second kappa shape index (κ2) is 5.39. The van der Waals surface area contributed by atoms with Crippen molar-refractivity contribution in [2.45, 2.75) is 20.0 Å². The number of thiazole rings is 1. The van der Waals surface area contributed by atoms with Gasteiger partial charge in [-0.15, -0.1) is 22.7 Å². The van der Waals surface area contributed by atoms with Gasteiger partial charge in [-0.1, -0.05) is 0 Å². The van der Waals surface area contributed by atoms with Crippen LogP contribution >= 0.6 is 22.7 Å². The van der Waals surface area contributed by atoms with Gasteiger partial charge in [0.2, 0.25) is 0 Å². The first kappa shape index (κ1) is 12.2. The zero-order valence-electron chi connectivity index (χ0n) is 9.27. The van der Waals surface area contributed by atoms with Gasteiger partial charge in [0, 0.05) is 24.2 Å². The Bertz CT molecular complexity index is 519. The molecule has 0 spiro atoms. The normalized spacial score (nSPS) is 10.6. The van der Waals surface area contributed by atoms with E-state index in [4.69, 9.17) is 5.11 Å². The summed E-state index contributed by atoms with van der Waals surface area (Å²) in [6.07, 6.45) is 1.85. The number of carboxylic acids is 1. The van der Waals surface area contributed by atoms with Crippen molar-refractivity contribution in [3.63, 3.8) is 0 Å². The fraction of sp³-hybridized carbons (Fsp3) is 0.273. The summed E-state index contributed by atoms with van der Waals surface area (Å²) in [6.45, 7) is 3.26. The molecule has 0 saturated carbocycles. The highest BCUT2D eigenvalue weighted by atomic mass is 32.1. The largest absolute Gasteiger partial charge is 0.477 e. The Balaban J connectivity index is 1.90. The third-order valence-corrected chi connectivity index (χ3v) is 4.08. The minimum atomic E-state index is -0.856. The molecule has 0 aliphatic rings. The van der Waals surface area contributed by atoms with Crippen molar-refractivity contribution in [3.05, 3.63) is 38.0 Å². The molecular weight excluding hydrogens is 256 g/mol. The van der Waals surface area contributed by atoms with Gasteiger partial charge in [-0.2, -0.15) is 0 Å². The van der Waals surface area contributed by atoms with Gasteiger partial charge in [0.05, 0.1) is 5.01 Å². The molecule has 4 nitrogen and oxygen atoms in total. The van der Waals surface area contributed by atoms with Crippen molar-refractivity contribution in [3.8, 4) is 0 Å². The Kier molecular flexibility index (Phi) is 3.88. The molecule has 2 aromatic rings. The molecule has 0 aliphatic heterocycles. The van der Waals surface area contributed by atoms with Crippen molar-refractivity contribution in [1.82, 2.24) is 10.3 Å². The van der Waals surface area contributed by atoms with E-state index >= 15 is 0 Å². The Morgan fingerprint density at radius 2 is 2.35 bits per heavy atom. The number of thiophene rings is 1. The molecule has 0 unspecified atom stereocenters. The SMILES string of the molecule is Cc1ncc(CNCc2ccsc2C(=O)O)s1. The van der Waals surface area contributed by atoms with Crippen molar-refractivity contribution < 1.29 is 9.90 Å². The highest BCUT2D eigenvalue weighted by molar-refractivity contribution is 7.12. The zero-order chi connectivity index (χ0) is 12.3. The standard InChI is InChI=1S/C11H12N2O2S2/c1-7-13-6-9(17-7)5-12-4-8-2-3-16-10(8)11(14)15/h2-3,6,12H,4-5H2,1H3,(H,14,15). The van der Waals surface area contributed by atoms with Gasteiger partial charge in [-0.25, -0.2) is 9.78 Å². The number of aromatic nitrogens is 1. The summed E-state index contributed by atoms with van der Waals surface area (Å²) in [5, 5.41) is 15.0. The average molecular weight is 268 g/mol. The molecule has 0 saturated heterocycles. The van der Waals surface area contributed by atoms with Gasteiger partial charge < -0.3 is 10.4 Å². The third-order valence-electron chi connectivity index (χ3n) is 2.22. The maximum atomic E-state index is 10.9. The highest BCUT2D eigenvalue weighted by Gasteiger charge is 2.10. The summed E-state index contributed by atoms with van der Waals surface area (Å²) in [6, 6.07) is 1.85. The van der Waals surface area contributed by atoms with Crippen LogP contribution in [0.15, 0.2) is 17.6 Å². The number of carboxylic acid groups (broad SMARTS) is 1. The van der Waals surface area contributed by atoms with E-state index < -0.39 is 5.97 Å². The van der Waals surface area contributed by atoms with Gasteiger partial charge in [0.1, 0.15) is 4.88 Å². The van der Waals surface area contributed by atoms with Crippen LogP contribution in [0.1, 0.15) is 25.1 Å². The maximum absolute atomic E-state index is 10.9. The average Bonchev–Trinajstić information content (AvgIpc) is 2.87. The minimum absolute atomic E-state index is 0.415. The smallest absolute Gasteiger partial charge is 0.346 e. The zero-order valence-corrected chi connectivity index (χ0v) is 10.9. The molecule has 0 atom stereocenters. The van der Waals surface area contributed by atoms with Crippen LogP contribution in [0.5, 0.6) is 0 Å². The van der Waals surface area contributed by atoms with Crippen molar-refractivity contribution in [2.24, 2.45) is 0 Å². The van der Waals surface area contributed by atoms with E-state index in [2.05, 4.69) is 10.3 Å². The lowest BCUT2D eigenvalue weighted by Crippen LogP contribution is -2.13. The van der Waals surface area contributed by atoms with Crippen LogP contribution in [0.25, 0.3) is 0 Å². The van der Waals surface area contributed by atoms with Crippen LogP contribution < -0.4 is 5.32 Å². The van der Waals surface area contributed by atoms with Crippen molar-refractivity contribution in [2.75, 3.05) is 0 Å². The van der Waals surface area contributed by atoms with Gasteiger partial charge in [0.25, 0.3) is 0 Å². The van der Waals surface area contributed by atoms with E-state index in [1.54, 1.807) is 16.7 Å². The molecule has 2 N–H and O–H groups in total. The predicted molar refractivity (Wildman–Crippen MR) is 68.7 cm³/mol. The van der Waals surface area contributed by atoms with Crippen LogP contribution in [0, 0.1) is 6.92 Å².